The SMILES string of the molecule is CCNC(=O)c1ccc([N+](=O)[O-])c(OC)n1. The van der Waals surface area contributed by atoms with Crippen molar-refractivity contribution in [2.45, 2.75) is 6.92 Å². The summed E-state index contributed by atoms with van der Waals surface area (Å²) >= 11 is 0. The normalized spacial score (nSPS) is 9.62. The Balaban J connectivity index is 3.08. The largest absolute Gasteiger partial charge is 0.476 e. The molecule has 86 valence electrons. The molecule has 0 atom stereocenters. The zero-order valence-electron chi connectivity index (χ0n) is 8.89. The van der Waals surface area contributed by atoms with Gasteiger partial charge in [0, 0.05) is 12.6 Å². The molecule has 0 aliphatic rings. The minimum Gasteiger partial charge on any atom is -0.476 e. The van der Waals surface area contributed by atoms with Crippen LogP contribution in [0.2, 0.25) is 0 Å². The van der Waals surface area contributed by atoms with Gasteiger partial charge in [-0.25, -0.2) is 4.98 Å². The van der Waals surface area contributed by atoms with E-state index < -0.39 is 10.8 Å². The van der Waals surface area contributed by atoms with Crippen molar-refractivity contribution in [1.29, 1.82) is 0 Å². The first-order chi connectivity index (χ1) is 7.60. The maximum Gasteiger partial charge on any atom is 0.330 e. The summed E-state index contributed by atoms with van der Waals surface area (Å²) in [5, 5.41) is 13.1. The summed E-state index contributed by atoms with van der Waals surface area (Å²) in [5.41, 5.74) is -0.181. The van der Waals surface area contributed by atoms with Gasteiger partial charge in [0.1, 0.15) is 5.69 Å². The fourth-order valence-electron chi connectivity index (χ4n) is 1.10. The first kappa shape index (κ1) is 11.9. The highest BCUT2D eigenvalue weighted by Gasteiger charge is 2.18. The molecule has 0 aliphatic carbocycles. The van der Waals surface area contributed by atoms with E-state index in [1.54, 1.807) is 6.92 Å². The predicted octanol–water partition coefficient (Wildman–Crippen LogP) is 0.748. The van der Waals surface area contributed by atoms with Crippen molar-refractivity contribution in [3.05, 3.63) is 27.9 Å². The Kier molecular flexibility index (Phi) is 3.76. The van der Waals surface area contributed by atoms with Crippen LogP contribution in [0.4, 0.5) is 5.69 Å². The van der Waals surface area contributed by atoms with Crippen molar-refractivity contribution < 1.29 is 14.5 Å². The highest BCUT2D eigenvalue weighted by molar-refractivity contribution is 5.92. The highest BCUT2D eigenvalue weighted by Crippen LogP contribution is 2.23. The summed E-state index contributed by atoms with van der Waals surface area (Å²) in [6, 6.07) is 2.47. The lowest BCUT2D eigenvalue weighted by Crippen LogP contribution is -2.23. The lowest BCUT2D eigenvalue weighted by atomic mass is 10.3. The first-order valence-electron chi connectivity index (χ1n) is 4.57. The Morgan fingerprint density at radius 3 is 2.81 bits per heavy atom. The van der Waals surface area contributed by atoms with E-state index in [2.05, 4.69) is 10.3 Å². The number of amides is 1. The molecule has 1 aromatic rings. The number of carbonyl (C=O) groups excluding carboxylic acids is 1. The molecule has 1 N–H and O–H groups in total. The van der Waals surface area contributed by atoms with Gasteiger partial charge in [0.05, 0.1) is 12.0 Å². The number of hydrogen-bond acceptors (Lipinski definition) is 5. The average Bonchev–Trinajstić information content (AvgIpc) is 2.28. The van der Waals surface area contributed by atoms with Gasteiger partial charge in [-0.05, 0) is 13.0 Å². The molecule has 0 bridgehead atoms. The zero-order chi connectivity index (χ0) is 12.1. The third-order valence-electron chi connectivity index (χ3n) is 1.80. The minimum atomic E-state index is -0.618. The first-order valence-corrected chi connectivity index (χ1v) is 4.57. The summed E-state index contributed by atoms with van der Waals surface area (Å²) in [4.78, 5) is 25.1. The Hall–Kier alpha value is -2.18. The number of nitrogens with one attached hydrogen (secondary N) is 1. The van der Waals surface area contributed by atoms with E-state index >= 15 is 0 Å². The molecule has 0 saturated carbocycles. The van der Waals surface area contributed by atoms with Crippen LogP contribution < -0.4 is 10.1 Å². The van der Waals surface area contributed by atoms with E-state index in [1.807, 2.05) is 0 Å². The van der Waals surface area contributed by atoms with Crippen LogP contribution >= 0.6 is 0 Å². The van der Waals surface area contributed by atoms with E-state index in [0.29, 0.717) is 6.54 Å². The van der Waals surface area contributed by atoms with Crippen LogP contribution in [0.25, 0.3) is 0 Å². The number of nitrogens with zero attached hydrogens (tertiary/aromatic N) is 2. The molecule has 0 saturated heterocycles. The lowest BCUT2D eigenvalue weighted by molar-refractivity contribution is -0.386. The maximum absolute atomic E-state index is 11.4. The Bertz CT molecular complexity index is 419. The lowest BCUT2D eigenvalue weighted by Gasteiger charge is -2.04. The van der Waals surface area contributed by atoms with Gasteiger partial charge in [-0.15, -0.1) is 0 Å². The number of carbonyl (C=O) groups is 1. The zero-order valence-corrected chi connectivity index (χ0v) is 8.89. The third kappa shape index (κ3) is 2.44. The number of aromatic nitrogens is 1. The van der Waals surface area contributed by atoms with Crippen molar-refractivity contribution in [1.82, 2.24) is 10.3 Å². The second-order valence-electron chi connectivity index (χ2n) is 2.84. The smallest absolute Gasteiger partial charge is 0.330 e. The molecule has 0 aliphatic heterocycles. The standard InChI is InChI=1S/C9H11N3O4/c1-3-10-8(13)6-4-5-7(12(14)15)9(11-6)16-2/h4-5H,3H2,1-2H3,(H,10,13). The molecule has 1 heterocycles. The average molecular weight is 225 g/mol. The summed E-state index contributed by atoms with van der Waals surface area (Å²) in [7, 11) is 1.26. The van der Waals surface area contributed by atoms with Crippen LogP contribution in [0, 0.1) is 10.1 Å². The number of hydrogen-bond donors (Lipinski definition) is 1. The van der Waals surface area contributed by atoms with Gasteiger partial charge in [-0.3, -0.25) is 14.9 Å². The number of ether oxygens (including phenoxy) is 1. The molecule has 1 rings (SSSR count). The topological polar surface area (TPSA) is 94.4 Å². The Morgan fingerprint density at radius 2 is 2.31 bits per heavy atom. The number of methoxy groups -OCH3 is 1. The maximum atomic E-state index is 11.4. The van der Waals surface area contributed by atoms with Gasteiger partial charge < -0.3 is 10.1 Å². The van der Waals surface area contributed by atoms with Crippen LogP contribution in [-0.4, -0.2) is 29.5 Å². The Labute approximate surface area is 91.6 Å². The van der Waals surface area contributed by atoms with Gasteiger partial charge >= 0.3 is 5.69 Å². The van der Waals surface area contributed by atoms with Gasteiger partial charge in [0.15, 0.2) is 0 Å². The van der Waals surface area contributed by atoms with E-state index in [0.717, 1.165) is 0 Å². The molecule has 1 aromatic heterocycles. The molecular formula is C9H11N3O4. The highest BCUT2D eigenvalue weighted by atomic mass is 16.6. The molecule has 0 aromatic carbocycles. The molecule has 7 nitrogen and oxygen atoms in total. The van der Waals surface area contributed by atoms with Crippen molar-refractivity contribution in [3.8, 4) is 5.88 Å². The molecular weight excluding hydrogens is 214 g/mol. The third-order valence-corrected chi connectivity index (χ3v) is 1.80. The quantitative estimate of drug-likeness (QED) is 0.602. The van der Waals surface area contributed by atoms with Crippen LogP contribution in [0.1, 0.15) is 17.4 Å². The fourth-order valence-corrected chi connectivity index (χ4v) is 1.10. The Morgan fingerprint density at radius 1 is 1.62 bits per heavy atom. The number of pyridine rings is 1. The number of nitro groups is 1. The van der Waals surface area contributed by atoms with Gasteiger partial charge in [-0.1, -0.05) is 0 Å². The van der Waals surface area contributed by atoms with Crippen molar-refractivity contribution in [2.24, 2.45) is 0 Å². The number of rotatable bonds is 4. The fraction of sp³-hybridized carbons (Fsp3) is 0.333. The predicted molar refractivity (Wildman–Crippen MR) is 55.5 cm³/mol. The van der Waals surface area contributed by atoms with Crippen molar-refractivity contribution in [3.63, 3.8) is 0 Å². The second-order valence-corrected chi connectivity index (χ2v) is 2.84. The van der Waals surface area contributed by atoms with E-state index in [4.69, 9.17) is 4.74 Å². The van der Waals surface area contributed by atoms with Crippen LogP contribution in [0.15, 0.2) is 12.1 Å². The van der Waals surface area contributed by atoms with Crippen LogP contribution in [-0.2, 0) is 0 Å². The van der Waals surface area contributed by atoms with Crippen LogP contribution in [0.3, 0.4) is 0 Å². The van der Waals surface area contributed by atoms with E-state index in [9.17, 15) is 14.9 Å². The molecule has 0 fully saturated rings. The molecule has 7 heteroatoms. The second kappa shape index (κ2) is 5.06. The monoisotopic (exact) mass is 225 g/mol. The molecule has 0 radical (unpaired) electrons. The summed E-state index contributed by atoms with van der Waals surface area (Å²) in [5.74, 6) is -0.565. The van der Waals surface area contributed by atoms with Gasteiger partial charge in [0.25, 0.3) is 11.8 Å². The molecule has 0 unspecified atom stereocenters. The van der Waals surface area contributed by atoms with Crippen molar-refractivity contribution >= 4 is 11.6 Å². The van der Waals surface area contributed by atoms with Gasteiger partial charge in [0.2, 0.25) is 0 Å². The molecule has 16 heavy (non-hydrogen) atoms. The summed E-state index contributed by atoms with van der Waals surface area (Å²) < 4.78 is 4.74. The molecule has 0 spiro atoms. The van der Waals surface area contributed by atoms with E-state index in [1.165, 1.54) is 19.2 Å². The van der Waals surface area contributed by atoms with E-state index in [-0.39, 0.29) is 17.3 Å². The van der Waals surface area contributed by atoms with Crippen molar-refractivity contribution in [2.75, 3.05) is 13.7 Å². The molecule has 1 amide bonds. The van der Waals surface area contributed by atoms with Crippen LogP contribution in [0.5, 0.6) is 5.88 Å². The minimum absolute atomic E-state index is 0.0873. The van der Waals surface area contributed by atoms with Gasteiger partial charge in [-0.2, -0.15) is 0 Å². The summed E-state index contributed by atoms with van der Waals surface area (Å²) in [6.07, 6.45) is 0. The summed E-state index contributed by atoms with van der Waals surface area (Å²) in [6.45, 7) is 2.22.